The Bertz CT molecular complexity index is 487. The van der Waals surface area contributed by atoms with E-state index in [2.05, 4.69) is 17.6 Å². The Hall–Kier alpha value is -1.71. The average molecular weight is 289 g/mol. The van der Waals surface area contributed by atoms with Crippen molar-refractivity contribution in [1.82, 2.24) is 5.32 Å². The summed E-state index contributed by atoms with van der Waals surface area (Å²) in [4.78, 5) is 11.9. The minimum atomic E-state index is -0.0492. The fourth-order valence-corrected chi connectivity index (χ4v) is 3.11. The number of rotatable bonds is 5. The summed E-state index contributed by atoms with van der Waals surface area (Å²) in [7, 11) is 0. The molecule has 4 heteroatoms. The maximum absolute atomic E-state index is 11.9. The summed E-state index contributed by atoms with van der Waals surface area (Å²) in [5.41, 5.74) is 8.24. The van der Waals surface area contributed by atoms with Gasteiger partial charge in [-0.25, -0.2) is 0 Å². The van der Waals surface area contributed by atoms with Gasteiger partial charge in [-0.3, -0.25) is 4.79 Å². The summed E-state index contributed by atoms with van der Waals surface area (Å²) < 4.78 is 0. The van der Waals surface area contributed by atoms with Crippen molar-refractivity contribution in [3.05, 3.63) is 23.8 Å². The summed E-state index contributed by atoms with van der Waals surface area (Å²) >= 11 is 0. The van der Waals surface area contributed by atoms with E-state index in [0.29, 0.717) is 23.7 Å². The maximum atomic E-state index is 11.9. The molecule has 0 saturated heterocycles. The highest BCUT2D eigenvalue weighted by molar-refractivity contribution is 5.96. The number of amides is 1. The molecule has 0 radical (unpaired) electrons. The number of nitrogens with two attached hydrogens (primary N) is 1. The van der Waals surface area contributed by atoms with E-state index in [-0.39, 0.29) is 5.91 Å². The molecule has 0 aromatic heterocycles. The van der Waals surface area contributed by atoms with Gasteiger partial charge in [-0.2, -0.15) is 0 Å². The Balaban J connectivity index is 1.98. The number of hydrogen-bond acceptors (Lipinski definition) is 3. The Morgan fingerprint density at radius 1 is 1.38 bits per heavy atom. The van der Waals surface area contributed by atoms with Gasteiger partial charge in [0.15, 0.2) is 0 Å². The van der Waals surface area contributed by atoms with E-state index < -0.39 is 0 Å². The highest BCUT2D eigenvalue weighted by atomic mass is 16.1. The van der Waals surface area contributed by atoms with Crippen LogP contribution in [0.1, 0.15) is 49.9 Å². The highest BCUT2D eigenvalue weighted by Gasteiger charge is 2.19. The highest BCUT2D eigenvalue weighted by Crippen LogP contribution is 2.29. The van der Waals surface area contributed by atoms with Crippen LogP contribution in [0, 0.1) is 11.8 Å². The first-order valence-electron chi connectivity index (χ1n) is 8.01. The first-order valence-corrected chi connectivity index (χ1v) is 8.01. The molecule has 116 valence electrons. The van der Waals surface area contributed by atoms with E-state index in [4.69, 9.17) is 5.73 Å². The van der Waals surface area contributed by atoms with Gasteiger partial charge in [0.05, 0.1) is 11.4 Å². The van der Waals surface area contributed by atoms with E-state index in [9.17, 15) is 4.79 Å². The van der Waals surface area contributed by atoms with Crippen LogP contribution in [0.3, 0.4) is 0 Å². The molecule has 1 aliphatic rings. The standard InChI is InChI=1S/C17H27N3O/c1-3-19-17(21)14-7-8-15(18)16(10-14)20-11-13-6-4-5-12(2)9-13/h7-8,10,12-13,20H,3-6,9,11,18H2,1-2H3,(H,19,21). The van der Waals surface area contributed by atoms with Crippen molar-refractivity contribution >= 4 is 17.3 Å². The van der Waals surface area contributed by atoms with Gasteiger partial charge in [0.25, 0.3) is 5.91 Å². The molecular weight excluding hydrogens is 262 g/mol. The predicted molar refractivity (Wildman–Crippen MR) is 88.5 cm³/mol. The van der Waals surface area contributed by atoms with Crippen LogP contribution >= 0.6 is 0 Å². The summed E-state index contributed by atoms with van der Waals surface area (Å²) in [5, 5.41) is 6.25. The van der Waals surface area contributed by atoms with Crippen molar-refractivity contribution in [3.8, 4) is 0 Å². The van der Waals surface area contributed by atoms with Crippen LogP contribution in [-0.2, 0) is 0 Å². The van der Waals surface area contributed by atoms with Crippen LogP contribution < -0.4 is 16.4 Å². The molecule has 1 aliphatic carbocycles. The van der Waals surface area contributed by atoms with Crippen molar-refractivity contribution < 1.29 is 4.79 Å². The monoisotopic (exact) mass is 289 g/mol. The lowest BCUT2D eigenvalue weighted by atomic mass is 9.82. The molecule has 4 nitrogen and oxygen atoms in total. The number of carbonyl (C=O) groups is 1. The molecule has 2 unspecified atom stereocenters. The summed E-state index contributed by atoms with van der Waals surface area (Å²) in [5.74, 6) is 1.48. The van der Waals surface area contributed by atoms with E-state index in [1.807, 2.05) is 13.0 Å². The molecule has 1 aromatic carbocycles. The van der Waals surface area contributed by atoms with Gasteiger partial charge >= 0.3 is 0 Å². The van der Waals surface area contributed by atoms with Crippen molar-refractivity contribution in [2.24, 2.45) is 11.8 Å². The zero-order valence-electron chi connectivity index (χ0n) is 13.1. The number of nitrogen functional groups attached to an aromatic ring is 1. The lowest BCUT2D eigenvalue weighted by Crippen LogP contribution is -2.23. The van der Waals surface area contributed by atoms with Crippen molar-refractivity contribution in [1.29, 1.82) is 0 Å². The van der Waals surface area contributed by atoms with Crippen LogP contribution in [0.25, 0.3) is 0 Å². The summed E-state index contributed by atoms with van der Waals surface area (Å²) in [6, 6.07) is 5.43. The topological polar surface area (TPSA) is 67.2 Å². The number of carbonyl (C=O) groups excluding carboxylic acids is 1. The molecule has 2 atom stereocenters. The molecule has 1 saturated carbocycles. The zero-order chi connectivity index (χ0) is 15.2. The molecule has 0 heterocycles. The molecule has 1 fully saturated rings. The lowest BCUT2D eigenvalue weighted by Gasteiger charge is -2.27. The molecule has 2 rings (SSSR count). The van der Waals surface area contributed by atoms with E-state index in [0.717, 1.165) is 18.2 Å². The lowest BCUT2D eigenvalue weighted by molar-refractivity contribution is 0.0956. The van der Waals surface area contributed by atoms with E-state index in [1.54, 1.807) is 12.1 Å². The Morgan fingerprint density at radius 3 is 2.90 bits per heavy atom. The molecular formula is C17H27N3O. The predicted octanol–water partition coefficient (Wildman–Crippen LogP) is 3.26. The Labute approximate surface area is 127 Å². The molecule has 0 spiro atoms. The second kappa shape index (κ2) is 7.34. The fraction of sp³-hybridized carbons (Fsp3) is 0.588. The molecule has 21 heavy (non-hydrogen) atoms. The normalized spacial score (nSPS) is 21.8. The van der Waals surface area contributed by atoms with Gasteiger partial charge in [-0.05, 0) is 49.8 Å². The summed E-state index contributed by atoms with van der Waals surface area (Å²) in [6.45, 7) is 5.81. The second-order valence-corrected chi connectivity index (χ2v) is 6.18. The fourth-order valence-electron chi connectivity index (χ4n) is 3.11. The smallest absolute Gasteiger partial charge is 0.251 e. The van der Waals surface area contributed by atoms with E-state index in [1.165, 1.54) is 25.7 Å². The second-order valence-electron chi connectivity index (χ2n) is 6.18. The van der Waals surface area contributed by atoms with Crippen molar-refractivity contribution in [2.75, 3.05) is 24.1 Å². The van der Waals surface area contributed by atoms with Gasteiger partial charge in [0.2, 0.25) is 0 Å². The number of hydrogen-bond donors (Lipinski definition) is 3. The molecule has 1 amide bonds. The van der Waals surface area contributed by atoms with E-state index >= 15 is 0 Å². The van der Waals surface area contributed by atoms with Crippen molar-refractivity contribution in [2.45, 2.75) is 39.5 Å². The maximum Gasteiger partial charge on any atom is 0.251 e. The molecule has 1 aromatic rings. The third-order valence-electron chi connectivity index (χ3n) is 4.28. The Kier molecular flexibility index (Phi) is 5.48. The largest absolute Gasteiger partial charge is 0.397 e. The third kappa shape index (κ3) is 4.38. The minimum Gasteiger partial charge on any atom is -0.397 e. The van der Waals surface area contributed by atoms with Crippen LogP contribution in [-0.4, -0.2) is 19.0 Å². The number of nitrogens with one attached hydrogen (secondary N) is 2. The third-order valence-corrected chi connectivity index (χ3v) is 4.28. The molecule has 0 bridgehead atoms. The first kappa shape index (κ1) is 15.7. The average Bonchev–Trinajstić information content (AvgIpc) is 2.46. The van der Waals surface area contributed by atoms with Gasteiger partial charge in [0, 0.05) is 18.7 Å². The molecule has 4 N–H and O–H groups in total. The Morgan fingerprint density at radius 2 is 2.19 bits per heavy atom. The van der Waals surface area contributed by atoms with Gasteiger partial charge in [-0.15, -0.1) is 0 Å². The SMILES string of the molecule is CCNC(=O)c1ccc(N)c(NCC2CCCC(C)C2)c1. The first-order chi connectivity index (χ1) is 10.1. The number of benzene rings is 1. The van der Waals surface area contributed by atoms with Gasteiger partial charge in [0.1, 0.15) is 0 Å². The zero-order valence-corrected chi connectivity index (χ0v) is 13.1. The van der Waals surface area contributed by atoms with Gasteiger partial charge < -0.3 is 16.4 Å². The minimum absolute atomic E-state index is 0.0492. The van der Waals surface area contributed by atoms with Gasteiger partial charge in [-0.1, -0.05) is 19.8 Å². The van der Waals surface area contributed by atoms with Crippen LogP contribution in [0.4, 0.5) is 11.4 Å². The number of anilines is 2. The van der Waals surface area contributed by atoms with Crippen LogP contribution in [0.2, 0.25) is 0 Å². The summed E-state index contributed by atoms with van der Waals surface area (Å²) in [6.07, 6.45) is 5.24. The van der Waals surface area contributed by atoms with Crippen LogP contribution in [0.5, 0.6) is 0 Å². The quantitative estimate of drug-likeness (QED) is 0.729. The van der Waals surface area contributed by atoms with Crippen LogP contribution in [0.15, 0.2) is 18.2 Å². The van der Waals surface area contributed by atoms with Crippen molar-refractivity contribution in [3.63, 3.8) is 0 Å². The molecule has 0 aliphatic heterocycles.